The lowest BCUT2D eigenvalue weighted by molar-refractivity contribution is -0.154. The van der Waals surface area contributed by atoms with Crippen LogP contribution in [-0.2, 0) is 27.2 Å². The summed E-state index contributed by atoms with van der Waals surface area (Å²) >= 11 is 4.44. The number of carboxylic acids is 1. The Hall–Kier alpha value is -2.80. The zero-order valence-electron chi connectivity index (χ0n) is 17.1. The topological polar surface area (TPSA) is 86.7 Å². The quantitative estimate of drug-likeness (QED) is 0.627. The number of rotatable bonds is 5. The van der Waals surface area contributed by atoms with Crippen LogP contribution in [0.3, 0.4) is 0 Å². The molecule has 0 aliphatic carbocycles. The molecule has 4 rings (SSSR count). The van der Waals surface area contributed by atoms with Crippen molar-refractivity contribution in [3.8, 4) is 0 Å². The summed E-state index contributed by atoms with van der Waals surface area (Å²) in [4.78, 5) is 39.7. The third kappa shape index (κ3) is 4.46. The standard InChI is InChI=1S/C24H26N2O4S/c27-22(21(31)13-15-7-2-1-3-8-15)25-18-11-6-12-19-17-10-5-4-9-16(17)14-20(24(29)30)26(19)23(18)28/h1-5,7-10,18-21,31H,6,11-14H2,(H,25,27)(H,29,30)/t18-,19+,20-,21-/m0/s1. The summed E-state index contributed by atoms with van der Waals surface area (Å²) in [5.41, 5.74) is 2.98. The number of nitrogens with one attached hydrogen (secondary N) is 1. The Bertz CT molecular complexity index is 981. The number of carboxylic acid groups (broad SMARTS) is 1. The van der Waals surface area contributed by atoms with Gasteiger partial charge in [-0.25, -0.2) is 4.79 Å². The van der Waals surface area contributed by atoms with Crippen LogP contribution >= 0.6 is 12.6 Å². The smallest absolute Gasteiger partial charge is 0.326 e. The lowest BCUT2D eigenvalue weighted by Gasteiger charge is -2.41. The van der Waals surface area contributed by atoms with E-state index < -0.39 is 23.3 Å². The first-order valence-corrected chi connectivity index (χ1v) is 11.1. The van der Waals surface area contributed by atoms with Gasteiger partial charge in [-0.15, -0.1) is 0 Å². The first-order valence-electron chi connectivity index (χ1n) is 10.6. The van der Waals surface area contributed by atoms with Crippen LogP contribution < -0.4 is 5.32 Å². The fourth-order valence-corrected chi connectivity index (χ4v) is 4.96. The van der Waals surface area contributed by atoms with E-state index in [4.69, 9.17) is 0 Å². The highest BCUT2D eigenvalue weighted by Crippen LogP contribution is 2.39. The van der Waals surface area contributed by atoms with E-state index in [9.17, 15) is 19.5 Å². The summed E-state index contributed by atoms with van der Waals surface area (Å²) in [5, 5.41) is 12.1. The van der Waals surface area contributed by atoms with Crippen molar-refractivity contribution in [2.75, 3.05) is 0 Å². The predicted octanol–water partition coefficient (Wildman–Crippen LogP) is 2.78. The van der Waals surface area contributed by atoms with Crippen LogP contribution in [0.2, 0.25) is 0 Å². The highest BCUT2D eigenvalue weighted by Gasteiger charge is 2.44. The molecule has 2 aliphatic rings. The molecule has 2 aliphatic heterocycles. The van der Waals surface area contributed by atoms with E-state index in [0.29, 0.717) is 25.7 Å². The Balaban J connectivity index is 1.53. The second-order valence-electron chi connectivity index (χ2n) is 8.22. The normalized spacial score (nSPS) is 23.8. The lowest BCUT2D eigenvalue weighted by atomic mass is 9.86. The van der Waals surface area contributed by atoms with Crippen LogP contribution in [0.15, 0.2) is 54.6 Å². The number of hydrogen-bond acceptors (Lipinski definition) is 4. The van der Waals surface area contributed by atoms with Crippen molar-refractivity contribution in [3.05, 3.63) is 71.3 Å². The molecule has 2 amide bonds. The maximum absolute atomic E-state index is 13.4. The first-order chi connectivity index (χ1) is 15.0. The van der Waals surface area contributed by atoms with Gasteiger partial charge < -0.3 is 15.3 Å². The molecule has 31 heavy (non-hydrogen) atoms. The summed E-state index contributed by atoms with van der Waals surface area (Å²) in [6.07, 6.45) is 2.60. The lowest BCUT2D eigenvalue weighted by Crippen LogP contribution is -2.56. The van der Waals surface area contributed by atoms with E-state index in [0.717, 1.165) is 16.7 Å². The van der Waals surface area contributed by atoms with Crippen LogP contribution in [0.5, 0.6) is 0 Å². The summed E-state index contributed by atoms with van der Waals surface area (Å²) < 4.78 is 0. The van der Waals surface area contributed by atoms with E-state index in [1.165, 1.54) is 4.90 Å². The molecule has 162 valence electrons. The van der Waals surface area contributed by atoms with Crippen molar-refractivity contribution < 1.29 is 19.5 Å². The van der Waals surface area contributed by atoms with Crippen molar-refractivity contribution in [1.29, 1.82) is 0 Å². The van der Waals surface area contributed by atoms with E-state index in [1.54, 1.807) is 0 Å². The van der Waals surface area contributed by atoms with E-state index in [1.807, 2.05) is 54.6 Å². The van der Waals surface area contributed by atoms with Crippen molar-refractivity contribution in [3.63, 3.8) is 0 Å². The summed E-state index contributed by atoms with van der Waals surface area (Å²) in [6.45, 7) is 0. The first kappa shape index (κ1) is 21.4. The molecule has 1 saturated heterocycles. The summed E-state index contributed by atoms with van der Waals surface area (Å²) in [6, 6.07) is 15.4. The predicted molar refractivity (Wildman–Crippen MR) is 120 cm³/mol. The highest BCUT2D eigenvalue weighted by molar-refractivity contribution is 7.81. The Morgan fingerprint density at radius 2 is 1.81 bits per heavy atom. The number of aliphatic carboxylic acids is 1. The molecule has 0 bridgehead atoms. The van der Waals surface area contributed by atoms with E-state index in [2.05, 4.69) is 17.9 Å². The summed E-state index contributed by atoms with van der Waals surface area (Å²) in [5.74, 6) is -1.65. The molecule has 0 spiro atoms. The van der Waals surface area contributed by atoms with E-state index in [-0.39, 0.29) is 24.3 Å². The van der Waals surface area contributed by atoms with Crippen LogP contribution in [0, 0.1) is 0 Å². The van der Waals surface area contributed by atoms with Crippen LogP contribution in [0.1, 0.15) is 42.0 Å². The molecule has 1 fully saturated rings. The Morgan fingerprint density at radius 1 is 1.10 bits per heavy atom. The largest absolute Gasteiger partial charge is 0.480 e. The SMILES string of the molecule is O=C(N[C@H]1CCC[C@@H]2c3ccccc3C[C@@H](C(=O)O)N2C1=O)[C@@H](S)Cc1ccccc1. The number of benzene rings is 2. The van der Waals surface area contributed by atoms with Gasteiger partial charge in [0.15, 0.2) is 0 Å². The maximum atomic E-state index is 13.4. The van der Waals surface area contributed by atoms with Gasteiger partial charge in [0.1, 0.15) is 12.1 Å². The van der Waals surface area contributed by atoms with Crippen molar-refractivity contribution in [2.45, 2.75) is 55.5 Å². The molecule has 2 aromatic rings. The number of nitrogens with zero attached hydrogens (tertiary/aromatic N) is 1. The van der Waals surface area contributed by atoms with Gasteiger partial charge in [-0.3, -0.25) is 9.59 Å². The second kappa shape index (κ2) is 9.14. The molecule has 6 nitrogen and oxygen atoms in total. The molecule has 0 aromatic heterocycles. The number of amides is 2. The zero-order valence-corrected chi connectivity index (χ0v) is 18.0. The van der Waals surface area contributed by atoms with Gasteiger partial charge in [-0.05, 0) is 42.4 Å². The van der Waals surface area contributed by atoms with Gasteiger partial charge in [0, 0.05) is 6.42 Å². The van der Waals surface area contributed by atoms with Crippen molar-refractivity contribution in [1.82, 2.24) is 10.2 Å². The third-order valence-corrected chi connectivity index (χ3v) is 6.62. The molecule has 0 saturated carbocycles. The van der Waals surface area contributed by atoms with Gasteiger partial charge in [0.2, 0.25) is 11.8 Å². The van der Waals surface area contributed by atoms with Gasteiger partial charge >= 0.3 is 5.97 Å². The Labute approximate surface area is 187 Å². The highest BCUT2D eigenvalue weighted by atomic mass is 32.1. The summed E-state index contributed by atoms with van der Waals surface area (Å²) in [7, 11) is 0. The van der Waals surface area contributed by atoms with Gasteiger partial charge in [-0.2, -0.15) is 12.6 Å². The minimum atomic E-state index is -1.02. The van der Waals surface area contributed by atoms with Crippen LogP contribution in [-0.4, -0.2) is 45.1 Å². The molecular weight excluding hydrogens is 412 g/mol. The molecular formula is C24H26N2O4S. The van der Waals surface area contributed by atoms with Gasteiger partial charge in [-0.1, -0.05) is 54.6 Å². The minimum Gasteiger partial charge on any atom is -0.480 e. The average molecular weight is 439 g/mol. The molecule has 7 heteroatoms. The fourth-order valence-electron chi connectivity index (χ4n) is 4.68. The Kier molecular flexibility index (Phi) is 6.32. The number of thiol groups is 1. The molecule has 0 radical (unpaired) electrons. The van der Waals surface area contributed by atoms with Crippen LogP contribution in [0.25, 0.3) is 0 Å². The molecule has 2 N–H and O–H groups in total. The number of carbonyl (C=O) groups excluding carboxylic acids is 2. The molecule has 4 atom stereocenters. The number of fused-ring (bicyclic) bond motifs is 3. The average Bonchev–Trinajstić information content (AvgIpc) is 2.93. The Morgan fingerprint density at radius 3 is 2.55 bits per heavy atom. The van der Waals surface area contributed by atoms with Gasteiger partial charge in [0.05, 0.1) is 11.3 Å². The van der Waals surface area contributed by atoms with Crippen molar-refractivity contribution >= 4 is 30.4 Å². The van der Waals surface area contributed by atoms with E-state index >= 15 is 0 Å². The molecule has 2 heterocycles. The van der Waals surface area contributed by atoms with Crippen LogP contribution in [0.4, 0.5) is 0 Å². The number of carbonyl (C=O) groups is 3. The van der Waals surface area contributed by atoms with Crippen molar-refractivity contribution in [2.24, 2.45) is 0 Å². The molecule has 2 aromatic carbocycles. The second-order valence-corrected chi connectivity index (χ2v) is 8.84. The van der Waals surface area contributed by atoms with Gasteiger partial charge in [0.25, 0.3) is 0 Å². The third-order valence-electron chi connectivity index (χ3n) is 6.20. The maximum Gasteiger partial charge on any atom is 0.326 e. The number of hydrogen-bond donors (Lipinski definition) is 3. The monoisotopic (exact) mass is 438 g/mol. The zero-order chi connectivity index (χ0) is 22.0. The fraction of sp³-hybridized carbons (Fsp3) is 0.375. The minimum absolute atomic E-state index is 0.275. The molecule has 0 unspecified atom stereocenters.